The van der Waals surface area contributed by atoms with E-state index in [0.717, 1.165) is 36.7 Å². The van der Waals surface area contributed by atoms with E-state index in [4.69, 9.17) is 6.42 Å². The summed E-state index contributed by atoms with van der Waals surface area (Å²) in [6.07, 6.45) is 12.0. The number of imidazole rings is 1. The Hall–Kier alpha value is -2.82. The number of aromatic nitrogens is 4. The van der Waals surface area contributed by atoms with Crippen LogP contribution in [-0.4, -0.2) is 42.1 Å². The second-order valence-corrected chi connectivity index (χ2v) is 6.78. The van der Waals surface area contributed by atoms with Gasteiger partial charge in [-0.15, -0.1) is 6.42 Å². The molecule has 0 aromatic carbocycles. The first-order valence-corrected chi connectivity index (χ1v) is 8.79. The van der Waals surface area contributed by atoms with Gasteiger partial charge in [0.1, 0.15) is 6.54 Å². The van der Waals surface area contributed by atoms with Crippen LogP contribution in [0.15, 0.2) is 15.9 Å². The van der Waals surface area contributed by atoms with E-state index in [1.54, 1.807) is 23.6 Å². The lowest BCUT2D eigenvalue weighted by Crippen LogP contribution is -2.48. The SMILES string of the molecule is C#CCN(C(=O)Cn1c(=O)c2c(ncn2C)n(C)c1=O)C1CCCCC1. The summed E-state index contributed by atoms with van der Waals surface area (Å²) in [4.78, 5) is 43.9. The van der Waals surface area contributed by atoms with Crippen LogP contribution in [0.1, 0.15) is 32.1 Å². The number of hydrogen-bond acceptors (Lipinski definition) is 4. The standard InChI is InChI=1S/C18H23N5O3/c1-4-10-22(13-8-6-5-7-9-13)14(24)11-23-17(25)15-16(19-12-20(15)2)21(3)18(23)26/h1,12-13H,5-11H2,2-3H3. The number of nitrogens with zero attached hydrogens (tertiary/aromatic N) is 5. The summed E-state index contributed by atoms with van der Waals surface area (Å²) in [5, 5.41) is 0. The van der Waals surface area contributed by atoms with Gasteiger partial charge in [0.25, 0.3) is 5.56 Å². The van der Waals surface area contributed by atoms with Crippen molar-refractivity contribution < 1.29 is 4.79 Å². The van der Waals surface area contributed by atoms with Gasteiger partial charge < -0.3 is 9.47 Å². The zero-order valence-electron chi connectivity index (χ0n) is 15.1. The molecule has 3 rings (SSSR count). The summed E-state index contributed by atoms with van der Waals surface area (Å²) in [5.41, 5.74) is -0.473. The molecule has 1 amide bonds. The number of amides is 1. The fourth-order valence-electron chi connectivity index (χ4n) is 3.67. The third-order valence-corrected chi connectivity index (χ3v) is 5.09. The predicted octanol–water partition coefficient (Wildman–Crippen LogP) is 0.228. The van der Waals surface area contributed by atoms with Crippen molar-refractivity contribution in [2.24, 2.45) is 14.1 Å². The molecule has 0 unspecified atom stereocenters. The molecule has 1 aliphatic rings. The quantitative estimate of drug-likeness (QED) is 0.734. The number of carbonyl (C=O) groups is 1. The first-order valence-electron chi connectivity index (χ1n) is 8.79. The highest BCUT2D eigenvalue weighted by Gasteiger charge is 2.26. The molecule has 26 heavy (non-hydrogen) atoms. The van der Waals surface area contributed by atoms with Crippen molar-refractivity contribution in [2.45, 2.75) is 44.7 Å². The van der Waals surface area contributed by atoms with E-state index in [0.29, 0.717) is 11.2 Å². The maximum Gasteiger partial charge on any atom is 0.332 e. The molecule has 0 N–H and O–H groups in total. The molecule has 2 heterocycles. The van der Waals surface area contributed by atoms with Gasteiger partial charge in [-0.2, -0.15) is 0 Å². The number of hydrogen-bond donors (Lipinski definition) is 0. The lowest BCUT2D eigenvalue weighted by Gasteiger charge is -2.33. The van der Waals surface area contributed by atoms with Crippen molar-refractivity contribution in [3.8, 4) is 12.3 Å². The Morgan fingerprint density at radius 1 is 1.31 bits per heavy atom. The lowest BCUT2D eigenvalue weighted by molar-refractivity contribution is -0.134. The number of fused-ring (bicyclic) bond motifs is 1. The van der Waals surface area contributed by atoms with E-state index in [-0.39, 0.29) is 25.0 Å². The maximum atomic E-state index is 12.9. The van der Waals surface area contributed by atoms with Crippen molar-refractivity contribution in [3.05, 3.63) is 27.2 Å². The summed E-state index contributed by atoms with van der Waals surface area (Å²) in [7, 11) is 3.22. The Labute approximate surface area is 151 Å². The molecule has 0 spiro atoms. The summed E-state index contributed by atoms with van der Waals surface area (Å²) in [6, 6.07) is 0.0762. The number of carbonyl (C=O) groups excluding carboxylic acids is 1. The van der Waals surface area contributed by atoms with Gasteiger partial charge in [-0.1, -0.05) is 25.2 Å². The van der Waals surface area contributed by atoms with Crippen molar-refractivity contribution in [3.63, 3.8) is 0 Å². The number of aryl methyl sites for hydroxylation is 2. The zero-order valence-corrected chi connectivity index (χ0v) is 15.1. The highest BCUT2D eigenvalue weighted by atomic mass is 16.2. The van der Waals surface area contributed by atoms with E-state index in [1.165, 1.54) is 10.9 Å². The van der Waals surface area contributed by atoms with Gasteiger partial charge in [0, 0.05) is 20.1 Å². The average Bonchev–Trinajstić information content (AvgIpc) is 3.04. The summed E-state index contributed by atoms with van der Waals surface area (Å²) >= 11 is 0. The third kappa shape index (κ3) is 3.05. The van der Waals surface area contributed by atoms with E-state index in [9.17, 15) is 14.4 Å². The van der Waals surface area contributed by atoms with E-state index < -0.39 is 11.2 Å². The van der Waals surface area contributed by atoms with Crippen LogP contribution in [-0.2, 0) is 25.4 Å². The lowest BCUT2D eigenvalue weighted by atomic mass is 9.94. The smallest absolute Gasteiger partial charge is 0.328 e. The maximum absolute atomic E-state index is 12.9. The van der Waals surface area contributed by atoms with E-state index in [2.05, 4.69) is 10.9 Å². The Bertz CT molecular complexity index is 985. The fraction of sp³-hybridized carbons (Fsp3) is 0.556. The molecular weight excluding hydrogens is 334 g/mol. The fourth-order valence-corrected chi connectivity index (χ4v) is 3.67. The van der Waals surface area contributed by atoms with Crippen LogP contribution >= 0.6 is 0 Å². The Morgan fingerprint density at radius 3 is 2.65 bits per heavy atom. The molecule has 0 aliphatic heterocycles. The first kappa shape index (κ1) is 18.0. The van der Waals surface area contributed by atoms with Gasteiger partial charge in [0.05, 0.1) is 12.9 Å². The number of rotatable bonds is 4. The normalized spacial score (nSPS) is 15.1. The molecule has 0 bridgehead atoms. The molecule has 2 aromatic heterocycles. The molecule has 0 radical (unpaired) electrons. The Kier molecular flexibility index (Phi) is 4.98. The van der Waals surface area contributed by atoms with Crippen LogP contribution in [0.4, 0.5) is 0 Å². The highest BCUT2D eigenvalue weighted by Crippen LogP contribution is 2.22. The number of terminal acetylenes is 1. The first-order chi connectivity index (χ1) is 12.5. The molecule has 138 valence electrons. The van der Waals surface area contributed by atoms with Crippen LogP contribution in [0.2, 0.25) is 0 Å². The summed E-state index contributed by atoms with van der Waals surface area (Å²) < 4.78 is 3.81. The minimum atomic E-state index is -0.557. The van der Waals surface area contributed by atoms with Crippen molar-refractivity contribution in [2.75, 3.05) is 6.54 Å². The molecule has 0 atom stereocenters. The minimum Gasteiger partial charge on any atom is -0.328 e. The van der Waals surface area contributed by atoms with Gasteiger partial charge in [-0.25, -0.2) is 14.3 Å². The molecule has 1 saturated carbocycles. The summed E-state index contributed by atoms with van der Waals surface area (Å²) in [5.74, 6) is 2.23. The van der Waals surface area contributed by atoms with Crippen LogP contribution in [0, 0.1) is 12.3 Å². The summed E-state index contributed by atoms with van der Waals surface area (Å²) in [6.45, 7) is -0.128. The monoisotopic (exact) mass is 357 g/mol. The molecule has 0 saturated heterocycles. The topological polar surface area (TPSA) is 82.1 Å². The van der Waals surface area contributed by atoms with Crippen LogP contribution in [0.25, 0.3) is 11.2 Å². The van der Waals surface area contributed by atoms with Gasteiger partial charge in [0.15, 0.2) is 11.2 Å². The minimum absolute atomic E-state index is 0.0762. The van der Waals surface area contributed by atoms with E-state index in [1.807, 2.05) is 0 Å². The predicted molar refractivity (Wildman–Crippen MR) is 97.6 cm³/mol. The van der Waals surface area contributed by atoms with Crippen LogP contribution in [0.5, 0.6) is 0 Å². The van der Waals surface area contributed by atoms with Crippen molar-refractivity contribution in [1.29, 1.82) is 0 Å². The molecular formula is C18H23N5O3. The second-order valence-electron chi connectivity index (χ2n) is 6.78. The van der Waals surface area contributed by atoms with Crippen LogP contribution < -0.4 is 11.2 Å². The van der Waals surface area contributed by atoms with Gasteiger partial charge in [-0.3, -0.25) is 14.2 Å². The van der Waals surface area contributed by atoms with Crippen molar-refractivity contribution >= 4 is 17.1 Å². The van der Waals surface area contributed by atoms with Gasteiger partial charge in [-0.05, 0) is 12.8 Å². The molecule has 1 fully saturated rings. The average molecular weight is 357 g/mol. The highest BCUT2D eigenvalue weighted by molar-refractivity contribution is 5.77. The zero-order chi connectivity index (χ0) is 18.8. The van der Waals surface area contributed by atoms with Gasteiger partial charge >= 0.3 is 5.69 Å². The molecule has 1 aliphatic carbocycles. The Morgan fingerprint density at radius 2 is 2.00 bits per heavy atom. The van der Waals surface area contributed by atoms with Gasteiger partial charge in [0.2, 0.25) is 5.91 Å². The van der Waals surface area contributed by atoms with Crippen molar-refractivity contribution in [1.82, 2.24) is 23.6 Å². The third-order valence-electron chi connectivity index (χ3n) is 5.09. The molecule has 2 aromatic rings. The second kappa shape index (κ2) is 7.20. The van der Waals surface area contributed by atoms with E-state index >= 15 is 0 Å². The molecule has 8 heteroatoms. The molecule has 8 nitrogen and oxygen atoms in total. The largest absolute Gasteiger partial charge is 0.332 e. The Balaban J connectivity index is 1.98. The van der Waals surface area contributed by atoms with Crippen LogP contribution in [0.3, 0.4) is 0 Å².